The van der Waals surface area contributed by atoms with E-state index in [9.17, 15) is 4.79 Å². The fraction of sp³-hybridized carbons (Fsp3) is 0.0667. The van der Waals surface area contributed by atoms with Gasteiger partial charge in [0.1, 0.15) is 0 Å². The maximum Gasteiger partial charge on any atom is 0.169 e. The summed E-state index contributed by atoms with van der Waals surface area (Å²) in [5.41, 5.74) is 1.50. The van der Waals surface area contributed by atoms with E-state index in [-0.39, 0.29) is 5.78 Å². The van der Waals surface area contributed by atoms with E-state index in [1.807, 2.05) is 48.6 Å². The van der Waals surface area contributed by atoms with Crippen LogP contribution in [0.1, 0.15) is 6.42 Å². The third kappa shape index (κ3) is 1.68. The number of hydrogen-bond acceptors (Lipinski definition) is 2. The minimum absolute atomic E-state index is 0.141. The third-order valence-corrected chi connectivity index (χ3v) is 2.92. The highest BCUT2D eigenvalue weighted by Crippen LogP contribution is 2.12. The second-order valence-corrected chi connectivity index (χ2v) is 4.01. The molecule has 17 heavy (non-hydrogen) atoms. The van der Waals surface area contributed by atoms with Crippen molar-refractivity contribution >= 4 is 23.1 Å². The Morgan fingerprint density at radius 3 is 3.00 bits per heavy atom. The monoisotopic (exact) mass is 221 g/mol. The Kier molecular flexibility index (Phi) is 2.33. The van der Waals surface area contributed by atoms with Gasteiger partial charge in [-0.3, -0.25) is 9.79 Å². The van der Waals surface area contributed by atoms with Gasteiger partial charge in [0, 0.05) is 12.6 Å². The van der Waals surface area contributed by atoms with Gasteiger partial charge >= 0.3 is 0 Å². The van der Waals surface area contributed by atoms with Gasteiger partial charge in [0.25, 0.3) is 0 Å². The van der Waals surface area contributed by atoms with Crippen LogP contribution in [0.5, 0.6) is 0 Å². The first-order valence-electron chi connectivity index (χ1n) is 5.60. The minimum Gasteiger partial charge on any atom is -0.294 e. The van der Waals surface area contributed by atoms with Crippen LogP contribution in [0.15, 0.2) is 53.7 Å². The molecule has 0 aromatic heterocycles. The van der Waals surface area contributed by atoms with Crippen LogP contribution >= 0.6 is 0 Å². The second kappa shape index (κ2) is 3.98. The molecule has 0 unspecified atom stereocenters. The van der Waals surface area contributed by atoms with Crippen LogP contribution in [0, 0.1) is 0 Å². The van der Waals surface area contributed by atoms with Gasteiger partial charge in [-0.25, -0.2) is 0 Å². The molecular formula is C15H11NO. The first kappa shape index (κ1) is 9.97. The van der Waals surface area contributed by atoms with E-state index < -0.39 is 0 Å². The normalized spacial score (nSPS) is 17.5. The Hall–Kier alpha value is -2.22. The van der Waals surface area contributed by atoms with Gasteiger partial charge in [0.2, 0.25) is 0 Å². The largest absolute Gasteiger partial charge is 0.294 e. The highest BCUT2D eigenvalue weighted by molar-refractivity contribution is 6.47. The van der Waals surface area contributed by atoms with Crippen molar-refractivity contribution in [1.29, 1.82) is 0 Å². The molecule has 3 rings (SSSR count). The molecule has 0 atom stereocenters. The maximum atomic E-state index is 12.0. The van der Waals surface area contributed by atoms with Gasteiger partial charge < -0.3 is 0 Å². The molecule has 0 fully saturated rings. The van der Waals surface area contributed by atoms with Crippen molar-refractivity contribution in [1.82, 2.24) is 0 Å². The molecule has 0 bridgehead atoms. The molecule has 2 aliphatic rings. The van der Waals surface area contributed by atoms with Gasteiger partial charge in [-0.05, 0) is 22.6 Å². The molecule has 0 amide bonds. The molecule has 0 saturated carbocycles. The molecule has 1 aromatic rings. The number of hydrogen-bond donors (Lipinski definition) is 0. The summed E-state index contributed by atoms with van der Waals surface area (Å²) in [5, 5.41) is 2.04. The summed E-state index contributed by atoms with van der Waals surface area (Å²) in [4.78, 5) is 16.4. The van der Waals surface area contributed by atoms with Crippen LogP contribution in [0.3, 0.4) is 0 Å². The van der Waals surface area contributed by atoms with Crippen LogP contribution in [0.4, 0.5) is 0 Å². The molecule has 0 radical (unpaired) electrons. The van der Waals surface area contributed by atoms with Gasteiger partial charge in [0.15, 0.2) is 5.78 Å². The first-order valence-corrected chi connectivity index (χ1v) is 5.60. The number of nitrogens with zero attached hydrogens (tertiary/aromatic N) is 1. The summed E-state index contributed by atoms with van der Waals surface area (Å²) in [6, 6.07) is 7.92. The number of carbonyl (C=O) groups is 1. The molecule has 82 valence electrons. The molecule has 2 nitrogen and oxygen atoms in total. The maximum absolute atomic E-state index is 12.0. The molecular weight excluding hydrogens is 210 g/mol. The van der Waals surface area contributed by atoms with Gasteiger partial charge in [-0.2, -0.15) is 0 Å². The van der Waals surface area contributed by atoms with E-state index in [1.165, 1.54) is 0 Å². The summed E-state index contributed by atoms with van der Waals surface area (Å²) in [6.45, 7) is 0. The van der Waals surface area contributed by atoms with Crippen molar-refractivity contribution in [3.05, 3.63) is 59.1 Å². The smallest absolute Gasteiger partial charge is 0.169 e. The topological polar surface area (TPSA) is 29.4 Å². The molecule has 1 aromatic carbocycles. The van der Waals surface area contributed by atoms with E-state index in [0.29, 0.717) is 6.42 Å². The van der Waals surface area contributed by atoms with Crippen LogP contribution in [0.2, 0.25) is 0 Å². The highest BCUT2D eigenvalue weighted by atomic mass is 16.1. The standard InChI is InChI=1S/C15H11NO/c17-14-9-3-8-13-15(14)12-7-2-1-5-11(12)6-4-10-16-13/h1-8,10H,9H2. The zero-order valence-corrected chi connectivity index (χ0v) is 9.26. The SMILES string of the molecule is O=C1CC=CC2=NC=CC=c3ccccc3=C12. The zero-order chi connectivity index (χ0) is 11.7. The lowest BCUT2D eigenvalue weighted by molar-refractivity contribution is -0.112. The molecule has 0 spiro atoms. The molecule has 0 N–H and O–H groups in total. The Bertz CT molecular complexity index is 690. The number of carbonyl (C=O) groups excluding carboxylic acids is 1. The highest BCUT2D eigenvalue weighted by Gasteiger charge is 2.18. The quantitative estimate of drug-likeness (QED) is 0.645. The van der Waals surface area contributed by atoms with E-state index in [0.717, 1.165) is 21.7 Å². The van der Waals surface area contributed by atoms with Gasteiger partial charge in [0.05, 0.1) is 11.3 Å². The molecule has 0 saturated heterocycles. The Morgan fingerprint density at radius 2 is 2.06 bits per heavy atom. The second-order valence-electron chi connectivity index (χ2n) is 4.01. The number of Topliss-reactive ketones (excluding diaryl/α,β-unsaturated/α-hetero) is 1. The summed E-state index contributed by atoms with van der Waals surface area (Å²) in [6.07, 6.45) is 9.86. The van der Waals surface area contributed by atoms with Crippen molar-refractivity contribution in [2.24, 2.45) is 4.99 Å². The van der Waals surface area contributed by atoms with Gasteiger partial charge in [-0.1, -0.05) is 36.4 Å². The third-order valence-electron chi connectivity index (χ3n) is 2.92. The lowest BCUT2D eigenvalue weighted by atomic mass is 9.94. The lowest BCUT2D eigenvalue weighted by Crippen LogP contribution is -2.33. The Balaban J connectivity index is 2.50. The number of rotatable bonds is 0. The van der Waals surface area contributed by atoms with Crippen molar-refractivity contribution < 1.29 is 4.79 Å². The van der Waals surface area contributed by atoms with E-state index >= 15 is 0 Å². The zero-order valence-electron chi connectivity index (χ0n) is 9.26. The van der Waals surface area contributed by atoms with Crippen LogP contribution < -0.4 is 10.4 Å². The molecule has 1 aliphatic heterocycles. The molecule has 1 aliphatic carbocycles. The fourth-order valence-corrected chi connectivity index (χ4v) is 2.14. The number of ketones is 1. The number of aliphatic imine (C=N–C) groups is 1. The van der Waals surface area contributed by atoms with Crippen molar-refractivity contribution in [3.63, 3.8) is 0 Å². The van der Waals surface area contributed by atoms with Crippen LogP contribution in [-0.4, -0.2) is 11.5 Å². The number of fused-ring (bicyclic) bond motifs is 2. The fourth-order valence-electron chi connectivity index (χ4n) is 2.14. The molecule has 1 heterocycles. The lowest BCUT2D eigenvalue weighted by Gasteiger charge is -2.11. The van der Waals surface area contributed by atoms with E-state index in [2.05, 4.69) is 4.99 Å². The summed E-state index contributed by atoms with van der Waals surface area (Å²) in [7, 11) is 0. The first-order chi connectivity index (χ1) is 8.36. The van der Waals surface area contributed by atoms with Crippen molar-refractivity contribution in [3.8, 4) is 0 Å². The van der Waals surface area contributed by atoms with Crippen molar-refractivity contribution in [2.75, 3.05) is 0 Å². The van der Waals surface area contributed by atoms with E-state index in [1.54, 1.807) is 6.20 Å². The van der Waals surface area contributed by atoms with Crippen LogP contribution in [-0.2, 0) is 4.79 Å². The predicted octanol–water partition coefficient (Wildman–Crippen LogP) is 1.12. The Labute approximate surface area is 99.0 Å². The van der Waals surface area contributed by atoms with Gasteiger partial charge in [-0.15, -0.1) is 0 Å². The number of benzene rings is 1. The average molecular weight is 221 g/mol. The number of allylic oxidation sites excluding steroid dienone is 3. The Morgan fingerprint density at radius 1 is 1.18 bits per heavy atom. The molecule has 2 heteroatoms. The summed E-state index contributed by atoms with van der Waals surface area (Å²) >= 11 is 0. The van der Waals surface area contributed by atoms with Crippen LogP contribution in [0.25, 0.3) is 11.6 Å². The van der Waals surface area contributed by atoms with Crippen molar-refractivity contribution in [2.45, 2.75) is 6.42 Å². The summed E-state index contributed by atoms with van der Waals surface area (Å²) in [5.74, 6) is 0.141. The predicted molar refractivity (Wildman–Crippen MR) is 68.9 cm³/mol. The average Bonchev–Trinajstić information content (AvgIpc) is 2.32. The minimum atomic E-state index is 0.141. The van der Waals surface area contributed by atoms with E-state index in [4.69, 9.17) is 0 Å². The summed E-state index contributed by atoms with van der Waals surface area (Å²) < 4.78 is 0.